The summed E-state index contributed by atoms with van der Waals surface area (Å²) in [5.41, 5.74) is 0. The first-order chi connectivity index (χ1) is 9.54. The van der Waals surface area contributed by atoms with Crippen molar-refractivity contribution in [1.82, 2.24) is 19.7 Å². The van der Waals surface area contributed by atoms with Gasteiger partial charge in [0.1, 0.15) is 11.6 Å². The van der Waals surface area contributed by atoms with Crippen LogP contribution in [0.1, 0.15) is 64.0 Å². The molecule has 1 aromatic heterocycles. The smallest absolute Gasteiger partial charge is 0.146 e. The highest BCUT2D eigenvalue weighted by Crippen LogP contribution is 2.23. The van der Waals surface area contributed by atoms with Crippen molar-refractivity contribution < 1.29 is 5.11 Å². The molecule has 0 aliphatic carbocycles. The van der Waals surface area contributed by atoms with E-state index in [1.165, 1.54) is 12.8 Å². The monoisotopic (exact) mass is 280 g/mol. The van der Waals surface area contributed by atoms with Crippen molar-refractivity contribution in [2.24, 2.45) is 7.05 Å². The predicted octanol–water partition coefficient (Wildman–Crippen LogP) is 2.06. The van der Waals surface area contributed by atoms with E-state index < -0.39 is 0 Å². The molecule has 5 nitrogen and oxygen atoms in total. The van der Waals surface area contributed by atoms with Crippen molar-refractivity contribution in [3.05, 3.63) is 11.6 Å². The van der Waals surface area contributed by atoms with Gasteiger partial charge >= 0.3 is 0 Å². The van der Waals surface area contributed by atoms with E-state index in [0.29, 0.717) is 5.92 Å². The summed E-state index contributed by atoms with van der Waals surface area (Å²) in [5.74, 6) is 2.42. The summed E-state index contributed by atoms with van der Waals surface area (Å²) in [5, 5.41) is 18.8. The summed E-state index contributed by atoms with van der Waals surface area (Å²) in [4.78, 5) is 2.38. The lowest BCUT2D eigenvalue weighted by Gasteiger charge is -2.37. The molecule has 0 spiro atoms. The lowest BCUT2D eigenvalue weighted by molar-refractivity contribution is 0.0177. The van der Waals surface area contributed by atoms with Gasteiger partial charge in [0, 0.05) is 19.0 Å². The third-order valence-corrected chi connectivity index (χ3v) is 4.39. The molecule has 1 aromatic rings. The topological polar surface area (TPSA) is 54.2 Å². The van der Waals surface area contributed by atoms with Gasteiger partial charge in [0.2, 0.25) is 0 Å². The molecular formula is C15H28N4O. The number of aliphatic hydroxyl groups is 1. The Labute approximate surface area is 122 Å². The van der Waals surface area contributed by atoms with Crippen molar-refractivity contribution >= 4 is 0 Å². The summed E-state index contributed by atoms with van der Waals surface area (Å²) in [6, 6.07) is 0.271. The Morgan fingerprint density at radius 1 is 1.30 bits per heavy atom. The lowest BCUT2D eigenvalue weighted by atomic mass is 9.96. The van der Waals surface area contributed by atoms with E-state index in [4.69, 9.17) is 0 Å². The quantitative estimate of drug-likeness (QED) is 0.897. The van der Waals surface area contributed by atoms with Gasteiger partial charge < -0.3 is 9.67 Å². The van der Waals surface area contributed by atoms with Crippen LogP contribution in [0.15, 0.2) is 0 Å². The standard InChI is InChI=1S/C15H28N4O/c1-5-13(20)12-8-6-7-9-19(12)10-14-16-17-15(11(2)3)18(14)4/h11-13,20H,5-10H2,1-4H3. The van der Waals surface area contributed by atoms with Gasteiger partial charge in [-0.3, -0.25) is 4.90 Å². The Bertz CT molecular complexity index is 430. The zero-order valence-electron chi connectivity index (χ0n) is 13.2. The van der Waals surface area contributed by atoms with E-state index in [1.807, 2.05) is 7.05 Å². The normalized spacial score (nSPS) is 22.4. The summed E-state index contributed by atoms with van der Waals surface area (Å²) >= 11 is 0. The van der Waals surface area contributed by atoms with Gasteiger partial charge in [-0.05, 0) is 25.8 Å². The van der Waals surface area contributed by atoms with Crippen molar-refractivity contribution in [3.63, 3.8) is 0 Å². The number of hydrogen-bond donors (Lipinski definition) is 1. The Morgan fingerprint density at radius 2 is 2.05 bits per heavy atom. The van der Waals surface area contributed by atoms with Gasteiger partial charge in [-0.25, -0.2) is 0 Å². The molecule has 1 saturated heterocycles. The molecule has 114 valence electrons. The van der Waals surface area contributed by atoms with Gasteiger partial charge in [0.15, 0.2) is 0 Å². The molecule has 2 heterocycles. The highest BCUT2D eigenvalue weighted by Gasteiger charge is 2.29. The van der Waals surface area contributed by atoms with Crippen LogP contribution in [0.3, 0.4) is 0 Å². The number of likely N-dealkylation sites (tertiary alicyclic amines) is 1. The first-order valence-corrected chi connectivity index (χ1v) is 7.84. The minimum atomic E-state index is -0.229. The van der Waals surface area contributed by atoms with Gasteiger partial charge in [-0.2, -0.15) is 0 Å². The molecule has 5 heteroatoms. The number of aliphatic hydroxyl groups excluding tert-OH is 1. The van der Waals surface area contributed by atoms with E-state index in [-0.39, 0.29) is 12.1 Å². The van der Waals surface area contributed by atoms with Crippen LogP contribution in [0.5, 0.6) is 0 Å². The van der Waals surface area contributed by atoms with Gasteiger partial charge in [0.25, 0.3) is 0 Å². The van der Waals surface area contributed by atoms with Crippen molar-refractivity contribution in [2.45, 2.75) is 71.1 Å². The molecule has 2 rings (SSSR count). The Hall–Kier alpha value is -0.940. The molecule has 20 heavy (non-hydrogen) atoms. The van der Waals surface area contributed by atoms with Crippen LogP contribution in [-0.4, -0.2) is 43.5 Å². The molecule has 0 amide bonds. The molecule has 1 aliphatic rings. The Balaban J connectivity index is 2.11. The second kappa shape index (κ2) is 6.68. The fourth-order valence-corrected chi connectivity index (χ4v) is 3.12. The summed E-state index contributed by atoms with van der Waals surface area (Å²) in [6.45, 7) is 8.16. The highest BCUT2D eigenvalue weighted by atomic mass is 16.3. The molecule has 0 radical (unpaired) electrons. The van der Waals surface area contributed by atoms with Crippen LogP contribution in [-0.2, 0) is 13.6 Å². The van der Waals surface area contributed by atoms with Crippen LogP contribution in [0.25, 0.3) is 0 Å². The number of rotatable bonds is 5. The van der Waals surface area contributed by atoms with Crippen LogP contribution in [0.2, 0.25) is 0 Å². The maximum absolute atomic E-state index is 10.2. The fraction of sp³-hybridized carbons (Fsp3) is 0.867. The van der Waals surface area contributed by atoms with Gasteiger partial charge in [-0.15, -0.1) is 10.2 Å². The Kier molecular flexibility index (Phi) is 5.16. The van der Waals surface area contributed by atoms with Gasteiger partial charge in [-0.1, -0.05) is 27.2 Å². The van der Waals surface area contributed by atoms with Crippen molar-refractivity contribution in [2.75, 3.05) is 6.54 Å². The lowest BCUT2D eigenvalue weighted by Crippen LogP contribution is -2.46. The second-order valence-electron chi connectivity index (χ2n) is 6.20. The highest BCUT2D eigenvalue weighted by molar-refractivity contribution is 5.00. The largest absolute Gasteiger partial charge is 0.392 e. The molecule has 1 aliphatic heterocycles. The number of aromatic nitrogens is 3. The van der Waals surface area contributed by atoms with Crippen LogP contribution < -0.4 is 0 Å². The minimum Gasteiger partial charge on any atom is -0.392 e. The van der Waals surface area contributed by atoms with Crippen molar-refractivity contribution in [1.29, 1.82) is 0 Å². The molecule has 0 bridgehead atoms. The van der Waals surface area contributed by atoms with Crippen molar-refractivity contribution in [3.8, 4) is 0 Å². The third-order valence-electron chi connectivity index (χ3n) is 4.39. The second-order valence-corrected chi connectivity index (χ2v) is 6.20. The van der Waals surface area contributed by atoms with E-state index in [9.17, 15) is 5.11 Å². The maximum Gasteiger partial charge on any atom is 0.146 e. The van der Waals surface area contributed by atoms with Gasteiger partial charge in [0.05, 0.1) is 12.6 Å². The summed E-state index contributed by atoms with van der Waals surface area (Å²) in [6.07, 6.45) is 4.10. The van der Waals surface area contributed by atoms with Crippen LogP contribution in [0.4, 0.5) is 0 Å². The molecule has 1 fully saturated rings. The SMILES string of the molecule is CCC(O)C1CCCCN1Cc1nnc(C(C)C)n1C. The molecule has 2 atom stereocenters. The zero-order valence-corrected chi connectivity index (χ0v) is 13.2. The maximum atomic E-state index is 10.2. The zero-order chi connectivity index (χ0) is 14.7. The first kappa shape index (κ1) is 15.4. The summed E-state index contributed by atoms with van der Waals surface area (Å²) in [7, 11) is 2.04. The predicted molar refractivity (Wildman–Crippen MR) is 79.4 cm³/mol. The Morgan fingerprint density at radius 3 is 2.65 bits per heavy atom. The van der Waals surface area contributed by atoms with E-state index >= 15 is 0 Å². The van der Waals surface area contributed by atoms with E-state index in [2.05, 4.69) is 40.4 Å². The average molecular weight is 280 g/mol. The molecule has 0 aromatic carbocycles. The first-order valence-electron chi connectivity index (χ1n) is 7.84. The fourth-order valence-electron chi connectivity index (χ4n) is 3.12. The van der Waals surface area contributed by atoms with E-state index in [0.717, 1.165) is 37.6 Å². The number of hydrogen-bond acceptors (Lipinski definition) is 4. The molecule has 1 N–H and O–H groups in total. The molecular weight excluding hydrogens is 252 g/mol. The number of nitrogens with zero attached hydrogens (tertiary/aromatic N) is 4. The number of piperidine rings is 1. The van der Waals surface area contributed by atoms with Crippen LogP contribution >= 0.6 is 0 Å². The molecule has 2 unspecified atom stereocenters. The minimum absolute atomic E-state index is 0.229. The summed E-state index contributed by atoms with van der Waals surface area (Å²) < 4.78 is 2.11. The van der Waals surface area contributed by atoms with E-state index in [1.54, 1.807) is 0 Å². The third kappa shape index (κ3) is 3.20. The average Bonchev–Trinajstić information content (AvgIpc) is 2.80. The molecule has 0 saturated carbocycles. The van der Waals surface area contributed by atoms with Crippen LogP contribution in [0, 0.1) is 0 Å².